The number of nitrogens with two attached hydrogens (primary N) is 1. The van der Waals surface area contributed by atoms with Gasteiger partial charge < -0.3 is 15.5 Å². The summed E-state index contributed by atoms with van der Waals surface area (Å²) in [6.07, 6.45) is 0. The minimum absolute atomic E-state index is 0.0895. The van der Waals surface area contributed by atoms with Crippen LogP contribution in [0.15, 0.2) is 34.7 Å². The Morgan fingerprint density at radius 3 is 2.89 bits per heavy atom. The molecule has 1 aromatic carbocycles. The molecule has 1 atom stereocenters. The van der Waals surface area contributed by atoms with Crippen LogP contribution in [0.5, 0.6) is 0 Å². The summed E-state index contributed by atoms with van der Waals surface area (Å²) in [5.74, 6) is 1.83. The fraction of sp³-hybridized carbons (Fsp3) is 0.214. The van der Waals surface area contributed by atoms with Gasteiger partial charge in [-0.25, -0.2) is 4.98 Å². The number of hydrogen-bond donors (Lipinski definition) is 2. The number of hydrogen-bond acceptors (Lipinski definition) is 5. The van der Waals surface area contributed by atoms with Crippen LogP contribution in [-0.2, 0) is 0 Å². The lowest BCUT2D eigenvalue weighted by Crippen LogP contribution is -2.04. The first kappa shape index (κ1) is 12.0. The molecule has 0 aliphatic heterocycles. The molecule has 0 fully saturated rings. The second-order valence-corrected chi connectivity index (χ2v) is 5.59. The van der Waals surface area contributed by atoms with Crippen molar-refractivity contribution < 1.29 is 4.42 Å². The Hall–Kier alpha value is -2.01. The van der Waals surface area contributed by atoms with E-state index in [1.165, 1.54) is 0 Å². The SMILES string of the molecule is Cc1ccc(C(C)Nc2nc3ccc(N)cc3s2)o1. The highest BCUT2D eigenvalue weighted by molar-refractivity contribution is 7.22. The van der Waals surface area contributed by atoms with Crippen LogP contribution >= 0.6 is 11.3 Å². The summed E-state index contributed by atoms with van der Waals surface area (Å²) in [5, 5.41) is 4.23. The number of fused-ring (bicyclic) bond motifs is 1. The van der Waals surface area contributed by atoms with Crippen LogP contribution in [0.3, 0.4) is 0 Å². The maximum atomic E-state index is 5.77. The Morgan fingerprint density at radius 1 is 1.32 bits per heavy atom. The molecule has 0 bridgehead atoms. The molecule has 2 aromatic heterocycles. The molecule has 2 heterocycles. The third-order valence-electron chi connectivity index (χ3n) is 2.94. The summed E-state index contributed by atoms with van der Waals surface area (Å²) in [6, 6.07) is 9.79. The standard InChI is InChI=1S/C14H15N3OS/c1-8-3-6-12(18-8)9(2)16-14-17-11-5-4-10(15)7-13(11)19-14/h3-7,9H,15H2,1-2H3,(H,16,17). The monoisotopic (exact) mass is 273 g/mol. The van der Waals surface area contributed by atoms with Gasteiger partial charge in [-0.1, -0.05) is 11.3 Å². The predicted octanol–water partition coefficient (Wildman–Crippen LogP) is 3.95. The molecule has 0 radical (unpaired) electrons. The van der Waals surface area contributed by atoms with Gasteiger partial charge in [0.1, 0.15) is 11.5 Å². The molecule has 3 aromatic rings. The van der Waals surface area contributed by atoms with Crippen molar-refractivity contribution in [3.05, 3.63) is 41.9 Å². The Labute approximate surface area is 115 Å². The Kier molecular flexibility index (Phi) is 2.91. The minimum Gasteiger partial charge on any atom is -0.464 e. The van der Waals surface area contributed by atoms with Crippen LogP contribution in [-0.4, -0.2) is 4.98 Å². The van der Waals surface area contributed by atoms with Gasteiger partial charge in [0.25, 0.3) is 0 Å². The van der Waals surface area contributed by atoms with E-state index in [9.17, 15) is 0 Å². The molecule has 0 saturated heterocycles. The summed E-state index contributed by atoms with van der Waals surface area (Å²) in [5.41, 5.74) is 7.50. The van der Waals surface area contributed by atoms with Gasteiger partial charge in [-0.3, -0.25) is 0 Å². The predicted molar refractivity (Wildman–Crippen MR) is 79.5 cm³/mol. The molecule has 0 amide bonds. The van der Waals surface area contributed by atoms with E-state index in [0.29, 0.717) is 0 Å². The van der Waals surface area contributed by atoms with Gasteiger partial charge >= 0.3 is 0 Å². The third kappa shape index (κ3) is 2.42. The quantitative estimate of drug-likeness (QED) is 0.709. The van der Waals surface area contributed by atoms with E-state index in [1.54, 1.807) is 11.3 Å². The molecule has 19 heavy (non-hydrogen) atoms. The lowest BCUT2D eigenvalue weighted by molar-refractivity contribution is 0.467. The van der Waals surface area contributed by atoms with Gasteiger partial charge in [0.2, 0.25) is 0 Å². The molecule has 0 spiro atoms. The highest BCUT2D eigenvalue weighted by Gasteiger charge is 2.12. The normalized spacial score (nSPS) is 12.7. The average Bonchev–Trinajstić information content (AvgIpc) is 2.94. The van der Waals surface area contributed by atoms with Crippen molar-refractivity contribution in [1.29, 1.82) is 0 Å². The highest BCUT2D eigenvalue weighted by Crippen LogP contribution is 2.30. The van der Waals surface area contributed by atoms with Crippen molar-refractivity contribution in [2.24, 2.45) is 0 Å². The number of thiazole rings is 1. The lowest BCUT2D eigenvalue weighted by Gasteiger charge is -2.09. The van der Waals surface area contributed by atoms with Gasteiger partial charge in [-0.2, -0.15) is 0 Å². The van der Waals surface area contributed by atoms with Gasteiger partial charge in [-0.15, -0.1) is 0 Å². The number of furan rings is 1. The van der Waals surface area contributed by atoms with E-state index >= 15 is 0 Å². The van der Waals surface area contributed by atoms with Crippen molar-refractivity contribution in [1.82, 2.24) is 4.98 Å². The molecule has 0 aliphatic carbocycles. The summed E-state index contributed by atoms with van der Waals surface area (Å²) in [4.78, 5) is 4.54. The maximum absolute atomic E-state index is 5.77. The largest absolute Gasteiger partial charge is 0.464 e. The fourth-order valence-electron chi connectivity index (χ4n) is 1.95. The number of benzene rings is 1. The van der Waals surface area contributed by atoms with E-state index in [4.69, 9.17) is 10.2 Å². The highest BCUT2D eigenvalue weighted by atomic mass is 32.1. The van der Waals surface area contributed by atoms with Crippen LogP contribution in [0.1, 0.15) is 24.5 Å². The smallest absolute Gasteiger partial charge is 0.184 e. The molecular weight excluding hydrogens is 258 g/mol. The molecule has 3 N–H and O–H groups in total. The van der Waals surface area contributed by atoms with Gasteiger partial charge in [0.05, 0.1) is 16.3 Å². The maximum Gasteiger partial charge on any atom is 0.184 e. The fourth-order valence-corrected chi connectivity index (χ4v) is 2.95. The topological polar surface area (TPSA) is 64.1 Å². The lowest BCUT2D eigenvalue weighted by atomic mass is 10.2. The molecule has 3 rings (SSSR count). The summed E-state index contributed by atoms with van der Waals surface area (Å²) < 4.78 is 6.69. The molecular formula is C14H15N3OS. The first-order chi connectivity index (χ1) is 9.11. The molecule has 1 unspecified atom stereocenters. The third-order valence-corrected chi connectivity index (χ3v) is 3.89. The van der Waals surface area contributed by atoms with Crippen molar-refractivity contribution in [3.63, 3.8) is 0 Å². The Balaban J connectivity index is 1.85. The van der Waals surface area contributed by atoms with Crippen LogP contribution in [0.2, 0.25) is 0 Å². The Morgan fingerprint density at radius 2 is 2.16 bits per heavy atom. The van der Waals surface area contributed by atoms with Crippen molar-refractivity contribution in [2.45, 2.75) is 19.9 Å². The summed E-state index contributed by atoms with van der Waals surface area (Å²) >= 11 is 1.60. The van der Waals surface area contributed by atoms with Crippen LogP contribution in [0, 0.1) is 6.92 Å². The summed E-state index contributed by atoms with van der Waals surface area (Å²) in [6.45, 7) is 4.00. The second-order valence-electron chi connectivity index (χ2n) is 4.56. The molecule has 0 aliphatic rings. The van der Waals surface area contributed by atoms with Crippen LogP contribution in [0.4, 0.5) is 10.8 Å². The first-order valence-corrected chi connectivity index (χ1v) is 6.92. The minimum atomic E-state index is 0.0895. The molecule has 5 heteroatoms. The molecule has 4 nitrogen and oxygen atoms in total. The van der Waals surface area contributed by atoms with E-state index in [1.807, 2.05) is 37.3 Å². The van der Waals surface area contributed by atoms with Crippen LogP contribution in [0.25, 0.3) is 10.2 Å². The number of nitrogens with zero attached hydrogens (tertiary/aromatic N) is 1. The van der Waals surface area contributed by atoms with E-state index in [0.717, 1.165) is 32.6 Å². The van der Waals surface area contributed by atoms with Crippen molar-refractivity contribution >= 4 is 32.4 Å². The number of nitrogens with one attached hydrogen (secondary N) is 1. The van der Waals surface area contributed by atoms with Gasteiger partial charge in [-0.05, 0) is 44.2 Å². The van der Waals surface area contributed by atoms with Gasteiger partial charge in [0.15, 0.2) is 5.13 Å². The number of rotatable bonds is 3. The number of aryl methyl sites for hydroxylation is 1. The zero-order valence-corrected chi connectivity index (χ0v) is 11.6. The van der Waals surface area contributed by atoms with Gasteiger partial charge in [0, 0.05) is 5.69 Å². The van der Waals surface area contributed by atoms with Crippen LogP contribution < -0.4 is 11.1 Å². The zero-order chi connectivity index (χ0) is 13.4. The molecule has 98 valence electrons. The number of nitrogen functional groups attached to an aromatic ring is 1. The van der Waals surface area contributed by atoms with Crippen molar-refractivity contribution in [3.8, 4) is 0 Å². The first-order valence-electron chi connectivity index (χ1n) is 6.11. The average molecular weight is 273 g/mol. The summed E-state index contributed by atoms with van der Waals surface area (Å²) in [7, 11) is 0. The number of anilines is 2. The van der Waals surface area contributed by atoms with E-state index in [-0.39, 0.29) is 6.04 Å². The van der Waals surface area contributed by atoms with E-state index < -0.39 is 0 Å². The van der Waals surface area contributed by atoms with E-state index in [2.05, 4.69) is 17.2 Å². The molecule has 0 saturated carbocycles. The second kappa shape index (κ2) is 4.59. The van der Waals surface area contributed by atoms with Crippen molar-refractivity contribution in [2.75, 3.05) is 11.1 Å². The Bertz CT molecular complexity index is 716. The number of aromatic nitrogens is 1. The zero-order valence-electron chi connectivity index (χ0n) is 10.8.